The zero-order valence-corrected chi connectivity index (χ0v) is 17.2. The van der Waals surface area contributed by atoms with Gasteiger partial charge < -0.3 is 14.6 Å². The van der Waals surface area contributed by atoms with Crippen molar-refractivity contribution in [1.82, 2.24) is 14.9 Å². The summed E-state index contributed by atoms with van der Waals surface area (Å²) in [6.45, 7) is 5.57. The number of amides is 1. The van der Waals surface area contributed by atoms with E-state index in [0.717, 1.165) is 49.7 Å². The lowest BCUT2D eigenvalue weighted by atomic mass is 10.0. The fraction of sp³-hybridized carbons (Fsp3) is 0.217. The Balaban J connectivity index is 1.48. The first kappa shape index (κ1) is 17.9. The van der Waals surface area contributed by atoms with E-state index in [1.807, 2.05) is 36.3 Å². The molecule has 2 aromatic heterocycles. The van der Waals surface area contributed by atoms with Crippen molar-refractivity contribution in [3.63, 3.8) is 0 Å². The van der Waals surface area contributed by atoms with Gasteiger partial charge in [0.1, 0.15) is 18.2 Å². The van der Waals surface area contributed by atoms with Crippen LogP contribution >= 0.6 is 11.3 Å². The number of nitrogens with zero attached hydrogens (tertiary/aromatic N) is 2. The number of fused-ring (bicyclic) bond motifs is 2. The Morgan fingerprint density at radius 1 is 1.14 bits per heavy atom. The van der Waals surface area contributed by atoms with Crippen molar-refractivity contribution in [2.45, 2.75) is 20.4 Å². The molecule has 0 radical (unpaired) electrons. The van der Waals surface area contributed by atoms with Crippen molar-refractivity contribution in [3.8, 4) is 16.9 Å². The third kappa shape index (κ3) is 3.29. The number of carbonyl (C=O) groups excluding carboxylic acids is 1. The summed E-state index contributed by atoms with van der Waals surface area (Å²) in [6, 6.07) is 14.4. The molecule has 2 aromatic carbocycles. The number of rotatable bonds is 2. The van der Waals surface area contributed by atoms with Gasteiger partial charge in [0, 0.05) is 12.1 Å². The molecule has 5 rings (SSSR count). The molecule has 1 N–H and O–H groups in total. The van der Waals surface area contributed by atoms with Gasteiger partial charge in [-0.05, 0) is 66.2 Å². The molecular formula is C23H21N3O2S. The number of aromatic amines is 1. The van der Waals surface area contributed by atoms with Gasteiger partial charge in [0.15, 0.2) is 0 Å². The SMILES string of the molecule is Cc1nc2cc(-c3ccc4c(c3)CN(C(=O)c3sccc3C)CCO4)ccc2[nH]1. The Morgan fingerprint density at radius 2 is 1.97 bits per heavy atom. The Hall–Kier alpha value is -3.12. The molecule has 1 aliphatic heterocycles. The topological polar surface area (TPSA) is 58.2 Å². The fourth-order valence-electron chi connectivity index (χ4n) is 3.80. The Morgan fingerprint density at radius 3 is 2.79 bits per heavy atom. The Bertz CT molecular complexity index is 1220. The number of hydrogen-bond acceptors (Lipinski definition) is 4. The number of H-pyrrole nitrogens is 1. The summed E-state index contributed by atoms with van der Waals surface area (Å²) in [6.07, 6.45) is 0. The zero-order valence-electron chi connectivity index (χ0n) is 16.4. The highest BCUT2D eigenvalue weighted by atomic mass is 32.1. The van der Waals surface area contributed by atoms with E-state index >= 15 is 0 Å². The number of ether oxygens (including phenoxy) is 1. The average molecular weight is 404 g/mol. The van der Waals surface area contributed by atoms with Crippen LogP contribution < -0.4 is 4.74 Å². The Kier molecular flexibility index (Phi) is 4.36. The maximum atomic E-state index is 13.0. The van der Waals surface area contributed by atoms with Crippen LogP contribution in [0.25, 0.3) is 22.2 Å². The van der Waals surface area contributed by atoms with Crippen LogP contribution in [0.1, 0.15) is 26.6 Å². The van der Waals surface area contributed by atoms with Gasteiger partial charge in [-0.2, -0.15) is 0 Å². The minimum Gasteiger partial charge on any atom is -0.491 e. The second-order valence-corrected chi connectivity index (χ2v) is 8.30. The number of thiophene rings is 1. The number of imidazole rings is 1. The molecule has 146 valence electrons. The number of nitrogens with one attached hydrogen (secondary N) is 1. The highest BCUT2D eigenvalue weighted by molar-refractivity contribution is 7.12. The van der Waals surface area contributed by atoms with E-state index in [-0.39, 0.29) is 5.91 Å². The molecule has 4 aromatic rings. The number of hydrogen-bond donors (Lipinski definition) is 1. The van der Waals surface area contributed by atoms with Crippen LogP contribution in [0.15, 0.2) is 47.8 Å². The van der Waals surface area contributed by atoms with Gasteiger partial charge >= 0.3 is 0 Å². The molecule has 3 heterocycles. The minimum atomic E-state index is 0.0766. The van der Waals surface area contributed by atoms with Crippen LogP contribution in [0.2, 0.25) is 0 Å². The van der Waals surface area contributed by atoms with Crippen molar-refractivity contribution in [2.75, 3.05) is 13.2 Å². The quantitative estimate of drug-likeness (QED) is 0.516. The van der Waals surface area contributed by atoms with Gasteiger partial charge in [-0.15, -0.1) is 11.3 Å². The first-order chi connectivity index (χ1) is 14.1. The lowest BCUT2D eigenvalue weighted by Crippen LogP contribution is -2.32. The highest BCUT2D eigenvalue weighted by Gasteiger charge is 2.23. The fourth-order valence-corrected chi connectivity index (χ4v) is 4.69. The van der Waals surface area contributed by atoms with Crippen LogP contribution in [0, 0.1) is 13.8 Å². The van der Waals surface area contributed by atoms with E-state index in [4.69, 9.17) is 4.74 Å². The van der Waals surface area contributed by atoms with E-state index in [1.54, 1.807) is 0 Å². The summed E-state index contributed by atoms with van der Waals surface area (Å²) in [4.78, 5) is 23.5. The molecule has 0 unspecified atom stereocenters. The minimum absolute atomic E-state index is 0.0766. The summed E-state index contributed by atoms with van der Waals surface area (Å²) in [5, 5.41) is 1.97. The number of aryl methyl sites for hydroxylation is 2. The van der Waals surface area contributed by atoms with Gasteiger partial charge in [0.2, 0.25) is 0 Å². The Labute approximate surface area is 173 Å². The lowest BCUT2D eigenvalue weighted by Gasteiger charge is -2.19. The standard InChI is InChI=1S/C23H21N3O2S/c1-14-7-10-29-22(14)23(27)26-8-9-28-21-6-4-16(11-18(21)13-26)17-3-5-19-20(12-17)25-15(2)24-19/h3-7,10-12H,8-9,13H2,1-2H3,(H,24,25). The van der Waals surface area contributed by atoms with Crippen molar-refractivity contribution < 1.29 is 9.53 Å². The maximum Gasteiger partial charge on any atom is 0.264 e. The summed E-state index contributed by atoms with van der Waals surface area (Å²) in [5.74, 6) is 1.84. The molecule has 6 heteroatoms. The molecule has 0 saturated heterocycles. The molecule has 0 bridgehead atoms. The smallest absolute Gasteiger partial charge is 0.264 e. The van der Waals surface area contributed by atoms with Gasteiger partial charge in [0.05, 0.1) is 22.5 Å². The van der Waals surface area contributed by atoms with E-state index in [9.17, 15) is 4.79 Å². The molecule has 1 amide bonds. The molecule has 5 nitrogen and oxygen atoms in total. The van der Waals surface area contributed by atoms with E-state index in [1.165, 1.54) is 11.3 Å². The third-order valence-corrected chi connectivity index (χ3v) is 6.32. The molecule has 1 aliphatic rings. The summed E-state index contributed by atoms with van der Waals surface area (Å²) in [5.41, 5.74) is 6.24. The second kappa shape index (κ2) is 7.04. The first-order valence-corrected chi connectivity index (χ1v) is 10.5. The van der Waals surface area contributed by atoms with E-state index < -0.39 is 0 Å². The van der Waals surface area contributed by atoms with Gasteiger partial charge in [-0.1, -0.05) is 12.1 Å². The van der Waals surface area contributed by atoms with Crippen LogP contribution in [0.4, 0.5) is 0 Å². The first-order valence-electron chi connectivity index (χ1n) is 9.64. The molecule has 0 aliphatic carbocycles. The van der Waals surface area contributed by atoms with Crippen molar-refractivity contribution in [1.29, 1.82) is 0 Å². The third-order valence-electron chi connectivity index (χ3n) is 5.32. The maximum absolute atomic E-state index is 13.0. The second-order valence-electron chi connectivity index (χ2n) is 7.38. The number of aromatic nitrogens is 2. The zero-order chi connectivity index (χ0) is 20.0. The predicted octanol–water partition coefficient (Wildman–Crippen LogP) is 4.94. The van der Waals surface area contributed by atoms with Gasteiger partial charge in [0.25, 0.3) is 5.91 Å². The highest BCUT2D eigenvalue weighted by Crippen LogP contribution is 2.31. The van der Waals surface area contributed by atoms with Crippen LogP contribution in [0.3, 0.4) is 0 Å². The molecule has 0 spiro atoms. The van der Waals surface area contributed by atoms with Gasteiger partial charge in [-0.3, -0.25) is 4.79 Å². The lowest BCUT2D eigenvalue weighted by molar-refractivity contribution is 0.0737. The number of benzene rings is 2. The monoisotopic (exact) mass is 403 g/mol. The molecule has 0 atom stereocenters. The summed E-state index contributed by atoms with van der Waals surface area (Å²) >= 11 is 1.50. The molecular weight excluding hydrogens is 382 g/mol. The average Bonchev–Trinajstić information content (AvgIpc) is 3.23. The molecule has 0 saturated carbocycles. The van der Waals surface area contributed by atoms with E-state index in [0.29, 0.717) is 19.7 Å². The van der Waals surface area contributed by atoms with Crippen LogP contribution in [-0.4, -0.2) is 33.9 Å². The van der Waals surface area contributed by atoms with Crippen LogP contribution in [-0.2, 0) is 6.54 Å². The van der Waals surface area contributed by atoms with Crippen LogP contribution in [0.5, 0.6) is 5.75 Å². The van der Waals surface area contributed by atoms with Gasteiger partial charge in [-0.25, -0.2) is 4.98 Å². The number of carbonyl (C=O) groups is 1. The largest absolute Gasteiger partial charge is 0.491 e. The molecule has 0 fully saturated rings. The van der Waals surface area contributed by atoms with Crippen molar-refractivity contribution in [3.05, 3.63) is 69.7 Å². The summed E-state index contributed by atoms with van der Waals surface area (Å²) < 4.78 is 5.93. The van der Waals surface area contributed by atoms with Crippen molar-refractivity contribution in [2.24, 2.45) is 0 Å². The normalized spacial score (nSPS) is 13.8. The summed E-state index contributed by atoms with van der Waals surface area (Å²) in [7, 11) is 0. The van der Waals surface area contributed by atoms with Crippen molar-refractivity contribution >= 4 is 28.3 Å². The van der Waals surface area contributed by atoms with E-state index in [2.05, 4.69) is 40.3 Å². The molecule has 29 heavy (non-hydrogen) atoms. The predicted molar refractivity (Wildman–Crippen MR) is 116 cm³/mol.